The van der Waals surface area contributed by atoms with Crippen molar-refractivity contribution in [1.29, 1.82) is 0 Å². The van der Waals surface area contributed by atoms with E-state index in [4.69, 9.17) is 11.6 Å². The zero-order valence-corrected chi connectivity index (χ0v) is 12.1. The molecule has 1 atom stereocenters. The Bertz CT molecular complexity index is 522. The molecule has 0 aliphatic rings. The van der Waals surface area contributed by atoms with E-state index in [0.29, 0.717) is 18.7 Å². The molecule has 1 aromatic rings. The highest BCUT2D eigenvalue weighted by Gasteiger charge is 2.18. The fourth-order valence-corrected chi connectivity index (χ4v) is 3.18. The van der Waals surface area contributed by atoms with Crippen molar-refractivity contribution >= 4 is 21.6 Å². The van der Waals surface area contributed by atoms with Crippen molar-refractivity contribution in [2.24, 2.45) is 0 Å². The first-order valence-electron chi connectivity index (χ1n) is 5.86. The normalized spacial score (nSPS) is 13.5. The third kappa shape index (κ3) is 5.42. The maximum Gasteiger partial charge on any atom is 0.212 e. The Hall–Kier alpha value is -0.720. The minimum Gasteiger partial charge on any atom is -0.212 e. The van der Waals surface area contributed by atoms with Crippen LogP contribution in [0, 0.1) is 11.6 Å². The molecule has 0 amide bonds. The second-order valence-corrected chi connectivity index (χ2v) is 6.47. The van der Waals surface area contributed by atoms with Crippen molar-refractivity contribution in [3.63, 3.8) is 0 Å². The van der Waals surface area contributed by atoms with Gasteiger partial charge >= 0.3 is 0 Å². The van der Waals surface area contributed by atoms with E-state index >= 15 is 0 Å². The number of hydrogen-bond acceptors (Lipinski definition) is 2. The Morgan fingerprint density at radius 1 is 1.32 bits per heavy atom. The molecule has 0 aromatic heterocycles. The standard InChI is InChI=1S/C12H16ClF2NO2S/c1-9(11-8-10(14)4-5-12(11)15)16-19(17,18)7-3-2-6-13/h4-5,8-9,16H,2-3,6-7H2,1H3. The fraction of sp³-hybridized carbons (Fsp3) is 0.500. The number of nitrogens with one attached hydrogen (secondary N) is 1. The lowest BCUT2D eigenvalue weighted by atomic mass is 10.1. The molecule has 0 radical (unpaired) electrons. The molecule has 0 aliphatic carbocycles. The van der Waals surface area contributed by atoms with Crippen LogP contribution in [0.25, 0.3) is 0 Å². The first kappa shape index (κ1) is 16.3. The molecule has 7 heteroatoms. The van der Waals surface area contributed by atoms with Crippen LogP contribution in [0.4, 0.5) is 8.78 Å². The molecule has 108 valence electrons. The summed E-state index contributed by atoms with van der Waals surface area (Å²) in [7, 11) is -3.53. The molecule has 1 N–H and O–H groups in total. The topological polar surface area (TPSA) is 46.2 Å². The van der Waals surface area contributed by atoms with Gasteiger partial charge in [0.25, 0.3) is 0 Å². The van der Waals surface area contributed by atoms with E-state index in [1.165, 1.54) is 6.92 Å². The molecule has 0 bridgehead atoms. The van der Waals surface area contributed by atoms with Crippen molar-refractivity contribution in [3.05, 3.63) is 35.4 Å². The molecule has 0 aliphatic heterocycles. The van der Waals surface area contributed by atoms with Gasteiger partial charge in [-0.1, -0.05) is 0 Å². The van der Waals surface area contributed by atoms with Gasteiger partial charge in [-0.05, 0) is 38.0 Å². The van der Waals surface area contributed by atoms with Crippen LogP contribution >= 0.6 is 11.6 Å². The first-order valence-corrected chi connectivity index (χ1v) is 8.05. The van der Waals surface area contributed by atoms with Crippen LogP contribution < -0.4 is 4.72 Å². The zero-order valence-electron chi connectivity index (χ0n) is 10.5. The van der Waals surface area contributed by atoms with E-state index < -0.39 is 27.7 Å². The van der Waals surface area contributed by atoms with Gasteiger partial charge in [-0.25, -0.2) is 21.9 Å². The summed E-state index contributed by atoms with van der Waals surface area (Å²) in [4.78, 5) is 0. The summed E-state index contributed by atoms with van der Waals surface area (Å²) in [6.07, 6.45) is 1.02. The van der Waals surface area contributed by atoms with Crippen molar-refractivity contribution in [3.8, 4) is 0 Å². The molecule has 0 saturated carbocycles. The SMILES string of the molecule is CC(NS(=O)(=O)CCCCCl)c1cc(F)ccc1F. The highest BCUT2D eigenvalue weighted by Crippen LogP contribution is 2.19. The maximum absolute atomic E-state index is 13.5. The van der Waals surface area contributed by atoms with Crippen LogP contribution in [0.5, 0.6) is 0 Å². The lowest BCUT2D eigenvalue weighted by Gasteiger charge is -2.15. The van der Waals surface area contributed by atoms with E-state index in [-0.39, 0.29) is 11.3 Å². The Morgan fingerprint density at radius 3 is 2.63 bits per heavy atom. The average Bonchev–Trinajstić information content (AvgIpc) is 2.31. The summed E-state index contributed by atoms with van der Waals surface area (Å²) in [6.45, 7) is 1.47. The highest BCUT2D eigenvalue weighted by atomic mass is 35.5. The van der Waals surface area contributed by atoms with Crippen LogP contribution in [0.1, 0.15) is 31.4 Å². The van der Waals surface area contributed by atoms with E-state index in [0.717, 1.165) is 18.2 Å². The molecule has 1 rings (SSSR count). The Kier molecular flexibility index (Phi) is 6.16. The van der Waals surface area contributed by atoms with E-state index in [1.807, 2.05) is 0 Å². The molecule has 1 aromatic carbocycles. The van der Waals surface area contributed by atoms with E-state index in [9.17, 15) is 17.2 Å². The third-order valence-corrected chi connectivity index (χ3v) is 4.38. The van der Waals surface area contributed by atoms with Gasteiger partial charge in [0.2, 0.25) is 10.0 Å². The Morgan fingerprint density at radius 2 is 2.00 bits per heavy atom. The van der Waals surface area contributed by atoms with Crippen LogP contribution in [-0.2, 0) is 10.0 Å². The Balaban J connectivity index is 2.73. The summed E-state index contributed by atoms with van der Waals surface area (Å²) in [5.74, 6) is -0.938. The van der Waals surface area contributed by atoms with Crippen LogP contribution in [0.2, 0.25) is 0 Å². The quantitative estimate of drug-likeness (QED) is 0.621. The highest BCUT2D eigenvalue weighted by molar-refractivity contribution is 7.89. The lowest BCUT2D eigenvalue weighted by molar-refractivity contribution is 0.540. The van der Waals surface area contributed by atoms with Gasteiger partial charge in [-0.15, -0.1) is 11.6 Å². The summed E-state index contributed by atoms with van der Waals surface area (Å²) in [5.41, 5.74) is -0.0130. The van der Waals surface area contributed by atoms with Crippen LogP contribution in [0.15, 0.2) is 18.2 Å². The van der Waals surface area contributed by atoms with E-state index in [1.54, 1.807) is 0 Å². The second-order valence-electron chi connectivity index (χ2n) is 4.22. The Labute approximate surface area is 117 Å². The number of sulfonamides is 1. The summed E-state index contributed by atoms with van der Waals surface area (Å²) >= 11 is 5.46. The molecule has 0 spiro atoms. The van der Waals surface area contributed by atoms with Crippen LogP contribution in [-0.4, -0.2) is 20.1 Å². The number of benzene rings is 1. The van der Waals surface area contributed by atoms with Gasteiger partial charge in [0, 0.05) is 17.5 Å². The first-order chi connectivity index (χ1) is 8.85. The number of rotatable bonds is 7. The summed E-state index contributed by atoms with van der Waals surface area (Å²) in [5, 5.41) is 0. The average molecular weight is 312 g/mol. The smallest absolute Gasteiger partial charge is 0.212 e. The number of halogens is 3. The number of unbranched alkanes of at least 4 members (excludes halogenated alkanes) is 1. The minimum atomic E-state index is -3.53. The fourth-order valence-electron chi connectivity index (χ4n) is 1.62. The molecular weight excluding hydrogens is 296 g/mol. The van der Waals surface area contributed by atoms with Gasteiger partial charge in [-0.3, -0.25) is 0 Å². The van der Waals surface area contributed by atoms with Crippen molar-refractivity contribution in [2.45, 2.75) is 25.8 Å². The predicted molar refractivity (Wildman–Crippen MR) is 71.6 cm³/mol. The molecular formula is C12H16ClF2NO2S. The molecule has 0 saturated heterocycles. The monoisotopic (exact) mass is 311 g/mol. The van der Waals surface area contributed by atoms with Gasteiger partial charge in [0.1, 0.15) is 11.6 Å². The van der Waals surface area contributed by atoms with Crippen molar-refractivity contribution < 1.29 is 17.2 Å². The predicted octanol–water partition coefficient (Wildman–Crippen LogP) is 2.96. The minimum absolute atomic E-state index is 0.0130. The maximum atomic E-state index is 13.5. The van der Waals surface area contributed by atoms with E-state index in [2.05, 4.69) is 4.72 Å². The molecule has 19 heavy (non-hydrogen) atoms. The zero-order chi connectivity index (χ0) is 14.5. The number of hydrogen-bond donors (Lipinski definition) is 1. The lowest BCUT2D eigenvalue weighted by Crippen LogP contribution is -2.29. The van der Waals surface area contributed by atoms with Crippen LogP contribution in [0.3, 0.4) is 0 Å². The van der Waals surface area contributed by atoms with Crippen molar-refractivity contribution in [2.75, 3.05) is 11.6 Å². The van der Waals surface area contributed by atoms with Gasteiger partial charge in [0.05, 0.1) is 5.75 Å². The van der Waals surface area contributed by atoms with Gasteiger partial charge in [0.15, 0.2) is 0 Å². The van der Waals surface area contributed by atoms with Gasteiger partial charge in [-0.2, -0.15) is 0 Å². The molecule has 1 unspecified atom stereocenters. The summed E-state index contributed by atoms with van der Waals surface area (Å²) < 4.78 is 52.3. The second kappa shape index (κ2) is 7.17. The molecule has 3 nitrogen and oxygen atoms in total. The van der Waals surface area contributed by atoms with Crippen molar-refractivity contribution in [1.82, 2.24) is 4.72 Å². The third-order valence-electron chi connectivity index (χ3n) is 2.58. The van der Waals surface area contributed by atoms with Gasteiger partial charge < -0.3 is 0 Å². The largest absolute Gasteiger partial charge is 0.212 e. The molecule has 0 heterocycles. The summed E-state index contributed by atoms with van der Waals surface area (Å²) in [6, 6.07) is 2.13. The number of alkyl halides is 1. The molecule has 0 fully saturated rings.